The number of fused-ring (bicyclic) bond motifs is 1. The maximum Gasteiger partial charge on any atom is 0.0954 e. The van der Waals surface area contributed by atoms with Gasteiger partial charge in [0.05, 0.1) is 23.9 Å². The van der Waals surface area contributed by atoms with E-state index in [-0.39, 0.29) is 18.4 Å². The van der Waals surface area contributed by atoms with Crippen molar-refractivity contribution < 1.29 is 0 Å². The lowest BCUT2D eigenvalue weighted by Crippen LogP contribution is -2.08. The molecule has 0 bridgehead atoms. The Hall–Kier alpha value is -1.51. The number of rotatable bonds is 3. The summed E-state index contributed by atoms with van der Waals surface area (Å²) in [6, 6.07) is 15.1. The average molecular weight is 307 g/mol. The molecular formula is C16H16Cl2N2. The van der Waals surface area contributed by atoms with E-state index in [1.54, 1.807) is 0 Å². The first-order valence-corrected chi connectivity index (χ1v) is 6.89. The predicted octanol–water partition coefficient (Wildman–Crippen LogP) is 4.81. The zero-order valence-corrected chi connectivity index (χ0v) is 12.7. The lowest BCUT2D eigenvalue weighted by Gasteiger charge is -2.18. The van der Waals surface area contributed by atoms with Crippen LogP contribution in [0.2, 0.25) is 0 Å². The molecular weight excluding hydrogens is 291 g/mol. The highest BCUT2D eigenvalue weighted by Gasteiger charge is 2.13. The fraction of sp³-hybridized carbons (Fsp3) is 0.188. The van der Waals surface area contributed by atoms with E-state index < -0.39 is 0 Å². The molecule has 3 aromatic rings. The Labute approximate surface area is 129 Å². The maximum atomic E-state index is 5.96. The molecule has 0 aliphatic carbocycles. The molecule has 0 N–H and O–H groups in total. The van der Waals surface area contributed by atoms with Crippen LogP contribution in [0, 0.1) is 0 Å². The number of hydrogen-bond donors (Lipinski definition) is 0. The molecule has 2 aromatic carbocycles. The van der Waals surface area contributed by atoms with Crippen LogP contribution in [0.5, 0.6) is 0 Å². The summed E-state index contributed by atoms with van der Waals surface area (Å²) in [4.78, 5) is 4.20. The molecule has 0 spiro atoms. The standard InChI is InChI=1S/C16H15ClN2.ClH/c1-12(19-11-18-10-14(19)9-17)15-8-4-6-13-5-2-3-7-16(13)15;/h2-8,10-12H,9H2,1H3;1H. The summed E-state index contributed by atoms with van der Waals surface area (Å²) in [5, 5.41) is 2.55. The van der Waals surface area contributed by atoms with Crippen molar-refractivity contribution in [1.82, 2.24) is 9.55 Å². The van der Waals surface area contributed by atoms with Crippen LogP contribution < -0.4 is 0 Å². The van der Waals surface area contributed by atoms with E-state index in [4.69, 9.17) is 11.6 Å². The third-order valence-corrected chi connectivity index (χ3v) is 3.85. The lowest BCUT2D eigenvalue weighted by molar-refractivity contribution is 0.624. The van der Waals surface area contributed by atoms with Gasteiger partial charge in [0.15, 0.2) is 0 Å². The summed E-state index contributed by atoms with van der Waals surface area (Å²) in [5.41, 5.74) is 2.34. The minimum absolute atomic E-state index is 0. The van der Waals surface area contributed by atoms with Crippen molar-refractivity contribution in [1.29, 1.82) is 0 Å². The summed E-state index contributed by atoms with van der Waals surface area (Å²) in [7, 11) is 0. The van der Waals surface area contributed by atoms with Crippen molar-refractivity contribution in [2.24, 2.45) is 0 Å². The van der Waals surface area contributed by atoms with Crippen molar-refractivity contribution in [2.45, 2.75) is 18.8 Å². The molecule has 0 radical (unpaired) electrons. The molecule has 2 nitrogen and oxygen atoms in total. The van der Waals surface area contributed by atoms with Gasteiger partial charge in [-0.3, -0.25) is 0 Å². The molecule has 3 rings (SSSR count). The number of nitrogens with zero attached hydrogens (tertiary/aromatic N) is 2. The van der Waals surface area contributed by atoms with Crippen molar-refractivity contribution in [3.8, 4) is 0 Å². The second-order valence-corrected chi connectivity index (χ2v) is 4.94. The Morgan fingerprint density at radius 1 is 1.15 bits per heavy atom. The molecule has 0 aliphatic rings. The lowest BCUT2D eigenvalue weighted by atomic mass is 9.99. The fourth-order valence-electron chi connectivity index (χ4n) is 2.55. The third kappa shape index (κ3) is 2.54. The highest BCUT2D eigenvalue weighted by Crippen LogP contribution is 2.27. The summed E-state index contributed by atoms with van der Waals surface area (Å²) in [6.07, 6.45) is 3.68. The molecule has 0 aliphatic heterocycles. The van der Waals surface area contributed by atoms with Crippen LogP contribution in [0.4, 0.5) is 0 Å². The van der Waals surface area contributed by atoms with Crippen molar-refractivity contribution in [3.63, 3.8) is 0 Å². The minimum atomic E-state index is 0. The number of hydrogen-bond acceptors (Lipinski definition) is 1. The molecule has 1 heterocycles. The molecule has 1 unspecified atom stereocenters. The van der Waals surface area contributed by atoms with E-state index in [9.17, 15) is 0 Å². The third-order valence-electron chi connectivity index (χ3n) is 3.57. The Bertz CT molecular complexity index is 701. The Balaban J connectivity index is 0.00000147. The van der Waals surface area contributed by atoms with Crippen LogP contribution in [0.3, 0.4) is 0 Å². The molecule has 20 heavy (non-hydrogen) atoms. The van der Waals surface area contributed by atoms with Gasteiger partial charge in [0.2, 0.25) is 0 Å². The summed E-state index contributed by atoms with van der Waals surface area (Å²) >= 11 is 5.96. The number of halogens is 2. The van der Waals surface area contributed by atoms with E-state index >= 15 is 0 Å². The second kappa shape index (κ2) is 6.29. The normalized spacial score (nSPS) is 12.1. The van der Waals surface area contributed by atoms with Crippen LogP contribution in [0.1, 0.15) is 24.2 Å². The first-order valence-electron chi connectivity index (χ1n) is 6.35. The van der Waals surface area contributed by atoms with Crippen molar-refractivity contribution in [3.05, 3.63) is 66.2 Å². The molecule has 0 saturated carbocycles. The molecule has 1 aromatic heterocycles. The largest absolute Gasteiger partial charge is 0.326 e. The first-order chi connectivity index (χ1) is 9.31. The Kier molecular flexibility index (Phi) is 4.69. The molecule has 104 valence electrons. The fourth-order valence-corrected chi connectivity index (χ4v) is 2.76. The van der Waals surface area contributed by atoms with Crippen LogP contribution in [0.15, 0.2) is 55.0 Å². The van der Waals surface area contributed by atoms with Gasteiger partial charge in [-0.2, -0.15) is 0 Å². The SMILES string of the molecule is CC(c1cccc2ccccc12)n1cncc1CCl.Cl. The van der Waals surface area contributed by atoms with Gasteiger partial charge >= 0.3 is 0 Å². The number of aromatic nitrogens is 2. The topological polar surface area (TPSA) is 17.8 Å². The monoisotopic (exact) mass is 306 g/mol. The number of benzene rings is 2. The van der Waals surface area contributed by atoms with Gasteiger partial charge in [-0.25, -0.2) is 4.98 Å². The van der Waals surface area contributed by atoms with Gasteiger partial charge in [-0.05, 0) is 23.3 Å². The highest BCUT2D eigenvalue weighted by molar-refractivity contribution is 6.16. The first kappa shape index (κ1) is 14.9. The summed E-state index contributed by atoms with van der Waals surface area (Å²) < 4.78 is 2.13. The number of imidazole rings is 1. The van der Waals surface area contributed by atoms with Gasteiger partial charge in [0, 0.05) is 6.20 Å². The minimum Gasteiger partial charge on any atom is -0.326 e. The zero-order valence-electron chi connectivity index (χ0n) is 11.2. The predicted molar refractivity (Wildman–Crippen MR) is 86.8 cm³/mol. The van der Waals surface area contributed by atoms with Crippen LogP contribution in [-0.2, 0) is 5.88 Å². The summed E-state index contributed by atoms with van der Waals surface area (Å²) in [6.45, 7) is 2.18. The second-order valence-electron chi connectivity index (χ2n) is 4.67. The van der Waals surface area contributed by atoms with E-state index in [2.05, 4.69) is 58.9 Å². The van der Waals surface area contributed by atoms with Crippen LogP contribution >= 0.6 is 24.0 Å². The summed E-state index contributed by atoms with van der Waals surface area (Å²) in [5.74, 6) is 0.481. The molecule has 4 heteroatoms. The van der Waals surface area contributed by atoms with E-state index in [1.165, 1.54) is 16.3 Å². The number of alkyl halides is 1. The smallest absolute Gasteiger partial charge is 0.0954 e. The van der Waals surface area contributed by atoms with Crippen LogP contribution in [-0.4, -0.2) is 9.55 Å². The van der Waals surface area contributed by atoms with Gasteiger partial charge in [-0.1, -0.05) is 42.5 Å². The Morgan fingerprint density at radius 2 is 1.90 bits per heavy atom. The van der Waals surface area contributed by atoms with Crippen molar-refractivity contribution >= 4 is 34.8 Å². The van der Waals surface area contributed by atoms with Gasteiger partial charge in [-0.15, -0.1) is 24.0 Å². The molecule has 0 fully saturated rings. The van der Waals surface area contributed by atoms with Gasteiger partial charge < -0.3 is 4.57 Å². The Morgan fingerprint density at radius 3 is 2.70 bits per heavy atom. The molecule has 0 amide bonds. The van der Waals surface area contributed by atoms with Crippen molar-refractivity contribution in [2.75, 3.05) is 0 Å². The van der Waals surface area contributed by atoms with E-state index in [1.807, 2.05) is 12.5 Å². The van der Waals surface area contributed by atoms with Crippen LogP contribution in [0.25, 0.3) is 10.8 Å². The van der Waals surface area contributed by atoms with Gasteiger partial charge in [0.25, 0.3) is 0 Å². The maximum absolute atomic E-state index is 5.96. The zero-order chi connectivity index (χ0) is 13.2. The van der Waals surface area contributed by atoms with Gasteiger partial charge in [0.1, 0.15) is 0 Å². The quantitative estimate of drug-likeness (QED) is 0.635. The van der Waals surface area contributed by atoms with E-state index in [0.717, 1.165) is 5.69 Å². The van der Waals surface area contributed by atoms with E-state index in [0.29, 0.717) is 5.88 Å². The average Bonchev–Trinajstić information content (AvgIpc) is 2.94. The molecule has 0 saturated heterocycles. The molecule has 1 atom stereocenters. The highest BCUT2D eigenvalue weighted by atomic mass is 35.5.